The summed E-state index contributed by atoms with van der Waals surface area (Å²) in [6, 6.07) is 13.2. The molecule has 0 saturated carbocycles. The van der Waals surface area contributed by atoms with E-state index in [0.717, 1.165) is 28.8 Å². The quantitative estimate of drug-likeness (QED) is 0.697. The number of anilines is 1. The van der Waals surface area contributed by atoms with E-state index in [9.17, 15) is 14.0 Å². The van der Waals surface area contributed by atoms with Gasteiger partial charge in [-0.3, -0.25) is 9.59 Å². The van der Waals surface area contributed by atoms with Crippen molar-refractivity contribution in [2.24, 2.45) is 7.05 Å². The van der Waals surface area contributed by atoms with Crippen molar-refractivity contribution in [3.8, 4) is 11.1 Å². The smallest absolute Gasteiger partial charge is 0.258 e. The number of aryl methyl sites for hydroxylation is 1. The number of rotatable bonds is 3. The zero-order valence-corrected chi connectivity index (χ0v) is 17.3. The molecule has 2 N–H and O–H groups in total. The Balaban J connectivity index is 1.72. The second-order valence-corrected chi connectivity index (χ2v) is 7.87. The third kappa shape index (κ3) is 3.78. The van der Waals surface area contributed by atoms with Gasteiger partial charge in [0.25, 0.3) is 11.5 Å². The van der Waals surface area contributed by atoms with Gasteiger partial charge in [0.15, 0.2) is 0 Å². The Morgan fingerprint density at radius 3 is 2.60 bits per heavy atom. The number of amides is 1. The van der Waals surface area contributed by atoms with Crippen molar-refractivity contribution in [3.05, 3.63) is 87.1 Å². The summed E-state index contributed by atoms with van der Waals surface area (Å²) in [4.78, 5) is 25.8. The first-order chi connectivity index (χ1) is 14.3. The normalized spacial score (nSPS) is 15.5. The number of fused-ring (bicyclic) bond motifs is 1. The number of carbonyl (C=O) groups excluding carboxylic acids is 1. The van der Waals surface area contributed by atoms with Gasteiger partial charge >= 0.3 is 0 Å². The van der Waals surface area contributed by atoms with Crippen LogP contribution in [0.5, 0.6) is 0 Å². The van der Waals surface area contributed by atoms with Crippen LogP contribution in [0.2, 0.25) is 0 Å². The second-order valence-electron chi connectivity index (χ2n) is 7.87. The molecule has 0 bridgehead atoms. The van der Waals surface area contributed by atoms with E-state index in [2.05, 4.69) is 17.6 Å². The summed E-state index contributed by atoms with van der Waals surface area (Å²) in [7, 11) is 1.81. The van der Waals surface area contributed by atoms with Gasteiger partial charge in [-0.05, 0) is 73.0 Å². The number of hydrogen-bond donors (Lipinski definition) is 2. The average molecular weight is 405 g/mol. The molecule has 0 aliphatic carbocycles. The van der Waals surface area contributed by atoms with Crippen molar-refractivity contribution in [3.63, 3.8) is 0 Å². The predicted octanol–water partition coefficient (Wildman–Crippen LogP) is 3.79. The van der Waals surface area contributed by atoms with Crippen LogP contribution in [0.15, 0.2) is 53.3 Å². The number of pyridine rings is 1. The lowest BCUT2D eigenvalue weighted by molar-refractivity contribution is 0.102. The van der Waals surface area contributed by atoms with Crippen molar-refractivity contribution < 1.29 is 9.18 Å². The fraction of sp³-hybridized carbons (Fsp3) is 0.250. The Kier molecular flexibility index (Phi) is 5.26. The number of carbonyl (C=O) groups is 1. The van der Waals surface area contributed by atoms with Crippen molar-refractivity contribution in [1.29, 1.82) is 0 Å². The fourth-order valence-corrected chi connectivity index (χ4v) is 3.89. The lowest BCUT2D eigenvalue weighted by Gasteiger charge is -2.26. The standard InChI is InChI=1S/C24H24FN3O2/c1-14-4-5-16(23(29)27-19-8-6-18(25)7-9-19)11-20(14)21-12-17-13-26-15(2)10-22(17)28(3)24(21)30/h4-9,11-12,15,26H,10,13H2,1-3H3,(H,27,29). The van der Waals surface area contributed by atoms with Crippen molar-refractivity contribution >= 4 is 11.6 Å². The molecule has 6 heteroatoms. The first-order valence-electron chi connectivity index (χ1n) is 9.96. The zero-order chi connectivity index (χ0) is 21.4. The van der Waals surface area contributed by atoms with Crippen LogP contribution in [-0.4, -0.2) is 16.5 Å². The fourth-order valence-electron chi connectivity index (χ4n) is 3.89. The maximum atomic E-state index is 13.1. The summed E-state index contributed by atoms with van der Waals surface area (Å²) in [5.41, 5.74) is 5.28. The van der Waals surface area contributed by atoms with E-state index in [-0.39, 0.29) is 17.3 Å². The highest BCUT2D eigenvalue weighted by Gasteiger charge is 2.21. The van der Waals surface area contributed by atoms with Gasteiger partial charge in [0.2, 0.25) is 0 Å². The van der Waals surface area contributed by atoms with E-state index in [1.165, 1.54) is 24.3 Å². The van der Waals surface area contributed by atoms with Gasteiger partial charge in [-0.15, -0.1) is 0 Å². The number of aromatic nitrogens is 1. The molecule has 1 unspecified atom stereocenters. The van der Waals surface area contributed by atoms with Crippen LogP contribution in [0.25, 0.3) is 11.1 Å². The lowest BCUT2D eigenvalue weighted by atomic mass is 9.94. The molecule has 5 nitrogen and oxygen atoms in total. The largest absolute Gasteiger partial charge is 0.322 e. The first-order valence-corrected chi connectivity index (χ1v) is 9.96. The molecule has 3 aromatic rings. The molecule has 30 heavy (non-hydrogen) atoms. The van der Waals surface area contributed by atoms with Crippen LogP contribution < -0.4 is 16.2 Å². The summed E-state index contributed by atoms with van der Waals surface area (Å²) in [5.74, 6) is -0.675. The third-order valence-corrected chi connectivity index (χ3v) is 5.66. The first kappa shape index (κ1) is 20.0. The maximum Gasteiger partial charge on any atom is 0.258 e. The Morgan fingerprint density at radius 1 is 1.13 bits per heavy atom. The van der Waals surface area contributed by atoms with Gasteiger partial charge in [-0.1, -0.05) is 6.07 Å². The van der Waals surface area contributed by atoms with Crippen LogP contribution in [0.4, 0.5) is 10.1 Å². The van der Waals surface area contributed by atoms with E-state index in [1.807, 2.05) is 26.1 Å². The average Bonchev–Trinajstić information content (AvgIpc) is 2.73. The predicted molar refractivity (Wildman–Crippen MR) is 116 cm³/mol. The number of halogens is 1. The van der Waals surface area contributed by atoms with Gasteiger partial charge in [-0.2, -0.15) is 0 Å². The monoisotopic (exact) mass is 405 g/mol. The molecule has 1 amide bonds. The highest BCUT2D eigenvalue weighted by atomic mass is 19.1. The topological polar surface area (TPSA) is 63.1 Å². The minimum absolute atomic E-state index is 0.0676. The molecular weight excluding hydrogens is 381 g/mol. The summed E-state index contributed by atoms with van der Waals surface area (Å²) >= 11 is 0. The highest BCUT2D eigenvalue weighted by Crippen LogP contribution is 2.26. The highest BCUT2D eigenvalue weighted by molar-refractivity contribution is 6.05. The molecule has 0 fully saturated rings. The molecule has 4 rings (SSSR count). The molecule has 0 saturated heterocycles. The molecule has 1 atom stereocenters. The van der Waals surface area contributed by atoms with Gasteiger partial charge in [-0.25, -0.2) is 4.39 Å². The van der Waals surface area contributed by atoms with Crippen LogP contribution in [0.1, 0.15) is 34.1 Å². The van der Waals surface area contributed by atoms with Crippen LogP contribution in [0.3, 0.4) is 0 Å². The Bertz CT molecular complexity index is 1180. The Morgan fingerprint density at radius 2 is 1.87 bits per heavy atom. The molecule has 0 radical (unpaired) electrons. The summed E-state index contributed by atoms with van der Waals surface area (Å²) < 4.78 is 14.8. The second kappa shape index (κ2) is 7.88. The van der Waals surface area contributed by atoms with E-state index >= 15 is 0 Å². The third-order valence-electron chi connectivity index (χ3n) is 5.66. The number of nitrogens with zero attached hydrogens (tertiary/aromatic N) is 1. The van der Waals surface area contributed by atoms with Crippen molar-refractivity contribution in [1.82, 2.24) is 9.88 Å². The number of benzene rings is 2. The Hall–Kier alpha value is -3.25. The van der Waals surface area contributed by atoms with Gasteiger partial charge < -0.3 is 15.2 Å². The molecule has 1 aliphatic rings. The Labute approximate surface area is 174 Å². The van der Waals surface area contributed by atoms with Crippen molar-refractivity contribution in [2.45, 2.75) is 32.9 Å². The summed E-state index contributed by atoms with van der Waals surface area (Å²) in [5, 5.41) is 6.20. The van der Waals surface area contributed by atoms with E-state index in [1.54, 1.807) is 16.7 Å². The zero-order valence-electron chi connectivity index (χ0n) is 17.3. The molecule has 154 valence electrons. The van der Waals surface area contributed by atoms with Crippen molar-refractivity contribution in [2.75, 3.05) is 5.32 Å². The summed E-state index contributed by atoms with van der Waals surface area (Å²) in [6.45, 7) is 4.74. The molecule has 1 aromatic heterocycles. The number of nitrogens with one attached hydrogen (secondary N) is 2. The minimum atomic E-state index is -0.363. The number of hydrogen-bond acceptors (Lipinski definition) is 3. The SMILES string of the molecule is Cc1ccc(C(=O)Nc2ccc(F)cc2)cc1-c1cc2c(n(C)c1=O)CC(C)NC2. The van der Waals surface area contributed by atoms with Crippen LogP contribution >= 0.6 is 0 Å². The van der Waals surface area contributed by atoms with Crippen LogP contribution in [0, 0.1) is 12.7 Å². The summed E-state index contributed by atoms with van der Waals surface area (Å²) in [6.07, 6.45) is 0.806. The maximum absolute atomic E-state index is 13.1. The lowest BCUT2D eigenvalue weighted by Crippen LogP contribution is -2.37. The molecule has 2 aromatic carbocycles. The molecular formula is C24H24FN3O2. The van der Waals surface area contributed by atoms with Gasteiger partial charge in [0.1, 0.15) is 5.82 Å². The van der Waals surface area contributed by atoms with Crippen LogP contribution in [-0.2, 0) is 20.0 Å². The van der Waals surface area contributed by atoms with Gasteiger partial charge in [0, 0.05) is 48.6 Å². The molecule has 0 spiro atoms. The van der Waals surface area contributed by atoms with Gasteiger partial charge in [0.05, 0.1) is 0 Å². The minimum Gasteiger partial charge on any atom is -0.322 e. The van der Waals surface area contributed by atoms with E-state index in [4.69, 9.17) is 0 Å². The molecule has 1 aliphatic heterocycles. The van der Waals surface area contributed by atoms with E-state index in [0.29, 0.717) is 29.4 Å². The van der Waals surface area contributed by atoms with E-state index < -0.39 is 0 Å². The molecule has 2 heterocycles.